The van der Waals surface area contributed by atoms with Crippen molar-refractivity contribution in [3.63, 3.8) is 0 Å². The van der Waals surface area contributed by atoms with Crippen LogP contribution in [0.4, 0.5) is 11.4 Å². The van der Waals surface area contributed by atoms with Crippen LogP contribution in [0.25, 0.3) is 6.08 Å². The van der Waals surface area contributed by atoms with E-state index in [2.05, 4.69) is 11.9 Å². The molecule has 0 spiro atoms. The summed E-state index contributed by atoms with van der Waals surface area (Å²) < 4.78 is 0. The second-order valence-electron chi connectivity index (χ2n) is 4.87. The van der Waals surface area contributed by atoms with Crippen LogP contribution in [0, 0.1) is 5.92 Å². The lowest BCUT2D eigenvalue weighted by Crippen LogP contribution is -2.25. The van der Waals surface area contributed by atoms with Gasteiger partial charge in [-0.05, 0) is 30.5 Å². The van der Waals surface area contributed by atoms with E-state index in [1.54, 1.807) is 12.1 Å². The van der Waals surface area contributed by atoms with Crippen molar-refractivity contribution in [1.82, 2.24) is 0 Å². The molecule has 2 rings (SSSR count). The topological polar surface area (TPSA) is 55.1 Å². The van der Waals surface area contributed by atoms with Crippen LogP contribution in [0.3, 0.4) is 0 Å². The lowest BCUT2D eigenvalue weighted by molar-refractivity contribution is -0.120. The molecule has 1 aromatic rings. The summed E-state index contributed by atoms with van der Waals surface area (Å²) in [6.07, 6.45) is 7.29. The summed E-state index contributed by atoms with van der Waals surface area (Å²) in [5, 5.41) is 2.94. The third-order valence-electron chi connectivity index (χ3n) is 3.55. The quantitative estimate of drug-likeness (QED) is 0.800. The number of nitrogen functional groups attached to an aromatic ring is 1. The lowest BCUT2D eigenvalue weighted by atomic mass is 9.88. The summed E-state index contributed by atoms with van der Waals surface area (Å²) in [6.45, 7) is 3.72. The van der Waals surface area contributed by atoms with Gasteiger partial charge in [-0.2, -0.15) is 0 Å². The molecule has 0 saturated heterocycles. The number of nitrogens with two attached hydrogens (primary N) is 1. The number of nitrogens with one attached hydrogen (secondary N) is 1. The van der Waals surface area contributed by atoms with Crippen LogP contribution in [0.1, 0.15) is 37.7 Å². The molecule has 3 heteroatoms. The Balaban J connectivity index is 2.07. The molecule has 1 saturated carbocycles. The minimum absolute atomic E-state index is 0.0996. The first kappa shape index (κ1) is 12.7. The highest BCUT2D eigenvalue weighted by molar-refractivity contribution is 5.95. The van der Waals surface area contributed by atoms with Gasteiger partial charge in [-0.25, -0.2) is 0 Å². The first-order valence-corrected chi connectivity index (χ1v) is 6.53. The Morgan fingerprint density at radius 2 is 2.06 bits per heavy atom. The van der Waals surface area contributed by atoms with E-state index < -0.39 is 0 Å². The number of rotatable bonds is 3. The Morgan fingerprint density at radius 3 is 2.72 bits per heavy atom. The predicted molar refractivity (Wildman–Crippen MR) is 76.2 cm³/mol. The van der Waals surface area contributed by atoms with E-state index >= 15 is 0 Å². The first-order chi connectivity index (χ1) is 8.70. The Labute approximate surface area is 108 Å². The van der Waals surface area contributed by atoms with Crippen LogP contribution < -0.4 is 11.1 Å². The first-order valence-electron chi connectivity index (χ1n) is 6.53. The van der Waals surface area contributed by atoms with Crippen LogP contribution in [0.5, 0.6) is 0 Å². The molecular weight excluding hydrogens is 224 g/mol. The largest absolute Gasteiger partial charge is 0.397 e. The van der Waals surface area contributed by atoms with E-state index in [1.165, 1.54) is 6.42 Å². The van der Waals surface area contributed by atoms with Crippen molar-refractivity contribution in [1.29, 1.82) is 0 Å². The molecule has 0 atom stereocenters. The summed E-state index contributed by atoms with van der Waals surface area (Å²) in [5.41, 5.74) is 8.13. The number of carbonyl (C=O) groups excluding carboxylic acids is 1. The summed E-state index contributed by atoms with van der Waals surface area (Å²) in [4.78, 5) is 12.1. The van der Waals surface area contributed by atoms with Gasteiger partial charge in [0, 0.05) is 5.92 Å². The third-order valence-corrected chi connectivity index (χ3v) is 3.55. The number of carbonyl (C=O) groups is 1. The standard InChI is InChI=1S/C15H20N2O/c1-2-11-8-9-13(16)14(10-11)17-15(18)12-6-4-3-5-7-12/h2,8-10,12H,1,3-7,16H2,(H,17,18). The average molecular weight is 244 g/mol. The maximum Gasteiger partial charge on any atom is 0.227 e. The molecule has 0 aliphatic heterocycles. The molecule has 0 unspecified atom stereocenters. The molecule has 1 amide bonds. The van der Waals surface area contributed by atoms with Crippen molar-refractivity contribution in [2.24, 2.45) is 5.92 Å². The highest BCUT2D eigenvalue weighted by Gasteiger charge is 2.21. The Bertz CT molecular complexity index is 448. The smallest absolute Gasteiger partial charge is 0.227 e. The fourth-order valence-electron chi connectivity index (χ4n) is 2.41. The average Bonchev–Trinajstić information content (AvgIpc) is 2.42. The van der Waals surface area contributed by atoms with E-state index in [9.17, 15) is 4.79 Å². The van der Waals surface area contributed by atoms with Gasteiger partial charge < -0.3 is 11.1 Å². The van der Waals surface area contributed by atoms with E-state index in [4.69, 9.17) is 5.73 Å². The maximum atomic E-state index is 12.1. The SMILES string of the molecule is C=Cc1ccc(N)c(NC(=O)C2CCCCC2)c1. The molecule has 0 heterocycles. The lowest BCUT2D eigenvalue weighted by Gasteiger charge is -2.21. The molecule has 18 heavy (non-hydrogen) atoms. The minimum Gasteiger partial charge on any atom is -0.397 e. The molecule has 1 aromatic carbocycles. The molecule has 1 aliphatic carbocycles. The fourth-order valence-corrected chi connectivity index (χ4v) is 2.41. The van der Waals surface area contributed by atoms with Crippen LogP contribution >= 0.6 is 0 Å². The van der Waals surface area contributed by atoms with E-state index in [1.807, 2.05) is 12.1 Å². The van der Waals surface area contributed by atoms with E-state index in [0.717, 1.165) is 31.2 Å². The van der Waals surface area contributed by atoms with Crippen molar-refractivity contribution < 1.29 is 4.79 Å². The van der Waals surface area contributed by atoms with Crippen LogP contribution in [-0.2, 0) is 4.79 Å². The van der Waals surface area contributed by atoms with Crippen molar-refractivity contribution in [2.45, 2.75) is 32.1 Å². The van der Waals surface area contributed by atoms with Gasteiger partial charge in [0.1, 0.15) is 0 Å². The number of hydrogen-bond donors (Lipinski definition) is 2. The Kier molecular flexibility index (Phi) is 4.03. The van der Waals surface area contributed by atoms with Gasteiger partial charge in [0.05, 0.1) is 11.4 Å². The zero-order valence-electron chi connectivity index (χ0n) is 10.6. The van der Waals surface area contributed by atoms with Gasteiger partial charge in [0.25, 0.3) is 0 Å². The van der Waals surface area contributed by atoms with Crippen LogP contribution in [0.2, 0.25) is 0 Å². The molecule has 0 bridgehead atoms. The summed E-state index contributed by atoms with van der Waals surface area (Å²) in [5.74, 6) is 0.244. The molecule has 3 nitrogen and oxygen atoms in total. The maximum absolute atomic E-state index is 12.1. The molecule has 0 radical (unpaired) electrons. The van der Waals surface area contributed by atoms with Gasteiger partial charge >= 0.3 is 0 Å². The highest BCUT2D eigenvalue weighted by Crippen LogP contribution is 2.27. The third kappa shape index (κ3) is 2.92. The number of benzene rings is 1. The zero-order valence-corrected chi connectivity index (χ0v) is 10.6. The molecular formula is C15H20N2O. The molecule has 0 aromatic heterocycles. The minimum atomic E-state index is 0.0996. The highest BCUT2D eigenvalue weighted by atomic mass is 16.1. The van der Waals surface area contributed by atoms with Crippen molar-refractivity contribution in [3.05, 3.63) is 30.3 Å². The Morgan fingerprint density at radius 1 is 1.33 bits per heavy atom. The molecule has 1 fully saturated rings. The Hall–Kier alpha value is -1.77. The monoisotopic (exact) mass is 244 g/mol. The number of hydrogen-bond acceptors (Lipinski definition) is 2. The van der Waals surface area contributed by atoms with Crippen LogP contribution in [-0.4, -0.2) is 5.91 Å². The van der Waals surface area contributed by atoms with Crippen molar-refractivity contribution in [2.75, 3.05) is 11.1 Å². The number of amides is 1. The molecule has 3 N–H and O–H groups in total. The van der Waals surface area contributed by atoms with E-state index in [0.29, 0.717) is 11.4 Å². The van der Waals surface area contributed by atoms with Crippen molar-refractivity contribution in [3.8, 4) is 0 Å². The second kappa shape index (κ2) is 5.71. The van der Waals surface area contributed by atoms with E-state index in [-0.39, 0.29) is 11.8 Å². The van der Waals surface area contributed by atoms with Gasteiger partial charge in [-0.3, -0.25) is 4.79 Å². The van der Waals surface area contributed by atoms with Gasteiger partial charge in [-0.1, -0.05) is 38.0 Å². The molecule has 1 aliphatic rings. The summed E-state index contributed by atoms with van der Waals surface area (Å²) in [6, 6.07) is 5.55. The van der Waals surface area contributed by atoms with Gasteiger partial charge in [0.2, 0.25) is 5.91 Å². The van der Waals surface area contributed by atoms with Gasteiger partial charge in [0.15, 0.2) is 0 Å². The normalized spacial score (nSPS) is 16.2. The van der Waals surface area contributed by atoms with Crippen LogP contribution in [0.15, 0.2) is 24.8 Å². The zero-order chi connectivity index (χ0) is 13.0. The molecule has 96 valence electrons. The number of anilines is 2. The summed E-state index contributed by atoms with van der Waals surface area (Å²) in [7, 11) is 0. The second-order valence-corrected chi connectivity index (χ2v) is 4.87. The van der Waals surface area contributed by atoms with Crippen molar-refractivity contribution >= 4 is 23.4 Å². The van der Waals surface area contributed by atoms with Gasteiger partial charge in [-0.15, -0.1) is 0 Å². The summed E-state index contributed by atoms with van der Waals surface area (Å²) >= 11 is 0. The fraction of sp³-hybridized carbons (Fsp3) is 0.400. The predicted octanol–water partition coefficient (Wildman–Crippen LogP) is 3.43.